The second kappa shape index (κ2) is 4.54. The molecule has 1 aliphatic carbocycles. The lowest BCUT2D eigenvalue weighted by atomic mass is 9.77. The van der Waals surface area contributed by atoms with Crippen LogP contribution in [0.2, 0.25) is 4.34 Å². The zero-order valence-electron chi connectivity index (χ0n) is 8.42. The summed E-state index contributed by atoms with van der Waals surface area (Å²) in [5, 5.41) is 5.45. The van der Waals surface area contributed by atoms with E-state index in [4.69, 9.17) is 11.6 Å². The Labute approximate surface area is 94.5 Å². The summed E-state index contributed by atoms with van der Waals surface area (Å²) in [5.74, 6) is 1.72. The van der Waals surface area contributed by atoms with E-state index in [0.717, 1.165) is 28.4 Å². The number of thiophene rings is 1. The third kappa shape index (κ3) is 2.23. The molecule has 1 aromatic rings. The average Bonchev–Trinajstić information content (AvgIpc) is 2.44. The molecule has 1 heterocycles. The molecule has 14 heavy (non-hydrogen) atoms. The van der Waals surface area contributed by atoms with Gasteiger partial charge in [-0.15, -0.1) is 11.3 Å². The number of hydrogen-bond acceptors (Lipinski definition) is 2. The molecule has 1 unspecified atom stereocenters. The minimum absolute atomic E-state index is 0.778. The topological polar surface area (TPSA) is 12.0 Å². The molecular formula is C11H16ClNS. The first-order chi connectivity index (χ1) is 6.77. The van der Waals surface area contributed by atoms with E-state index in [2.05, 4.69) is 18.3 Å². The number of nitrogens with one attached hydrogen (secondary N) is 1. The Morgan fingerprint density at radius 3 is 2.93 bits per heavy atom. The van der Waals surface area contributed by atoms with Crippen molar-refractivity contribution in [3.05, 3.63) is 15.8 Å². The van der Waals surface area contributed by atoms with Gasteiger partial charge in [0.2, 0.25) is 0 Å². The smallest absolute Gasteiger partial charge is 0.116 e. The van der Waals surface area contributed by atoms with Crippen LogP contribution in [0.3, 0.4) is 0 Å². The van der Waals surface area contributed by atoms with Crippen LogP contribution in [0.1, 0.15) is 26.2 Å². The molecule has 2 rings (SSSR count). The Morgan fingerprint density at radius 2 is 2.43 bits per heavy atom. The predicted octanol–water partition coefficient (Wildman–Crippen LogP) is 4.25. The summed E-state index contributed by atoms with van der Waals surface area (Å²) < 4.78 is 0.880. The predicted molar refractivity (Wildman–Crippen MR) is 64.3 cm³/mol. The van der Waals surface area contributed by atoms with Crippen molar-refractivity contribution in [1.82, 2.24) is 0 Å². The lowest BCUT2D eigenvalue weighted by molar-refractivity contribution is 0.229. The van der Waals surface area contributed by atoms with Gasteiger partial charge in [-0.2, -0.15) is 0 Å². The van der Waals surface area contributed by atoms with Crippen LogP contribution in [-0.2, 0) is 0 Å². The van der Waals surface area contributed by atoms with E-state index in [9.17, 15) is 0 Å². The molecule has 0 saturated heterocycles. The highest BCUT2D eigenvalue weighted by molar-refractivity contribution is 7.15. The number of hydrogen-bond donors (Lipinski definition) is 1. The van der Waals surface area contributed by atoms with Crippen LogP contribution in [0.15, 0.2) is 11.4 Å². The van der Waals surface area contributed by atoms with Gasteiger partial charge in [-0.3, -0.25) is 0 Å². The summed E-state index contributed by atoms with van der Waals surface area (Å²) in [7, 11) is 0. The second-order valence-corrected chi connectivity index (χ2v) is 5.68. The first kappa shape index (κ1) is 10.3. The van der Waals surface area contributed by atoms with Crippen LogP contribution >= 0.6 is 22.9 Å². The summed E-state index contributed by atoms with van der Waals surface area (Å²) in [4.78, 5) is 0. The summed E-state index contributed by atoms with van der Waals surface area (Å²) in [6.07, 6.45) is 4.26. The zero-order chi connectivity index (χ0) is 9.97. The van der Waals surface area contributed by atoms with Crippen molar-refractivity contribution in [3.8, 4) is 0 Å². The molecule has 0 amide bonds. The monoisotopic (exact) mass is 229 g/mol. The summed E-state index contributed by atoms with van der Waals surface area (Å²) in [6.45, 7) is 3.39. The van der Waals surface area contributed by atoms with Crippen molar-refractivity contribution in [2.75, 3.05) is 11.9 Å². The van der Waals surface area contributed by atoms with Crippen LogP contribution < -0.4 is 5.32 Å². The SMILES string of the molecule is CC(CNc1ccsc1Cl)C1CCC1. The van der Waals surface area contributed by atoms with Gasteiger partial charge >= 0.3 is 0 Å². The van der Waals surface area contributed by atoms with E-state index in [1.54, 1.807) is 11.3 Å². The molecule has 0 aliphatic heterocycles. The van der Waals surface area contributed by atoms with Gasteiger partial charge in [0, 0.05) is 6.54 Å². The molecule has 1 nitrogen and oxygen atoms in total. The molecule has 0 spiro atoms. The Balaban J connectivity index is 1.79. The van der Waals surface area contributed by atoms with Crippen LogP contribution in [0.4, 0.5) is 5.69 Å². The van der Waals surface area contributed by atoms with Crippen LogP contribution in [0.5, 0.6) is 0 Å². The summed E-state index contributed by atoms with van der Waals surface area (Å²) in [5.41, 5.74) is 1.10. The molecule has 1 saturated carbocycles. The quantitative estimate of drug-likeness (QED) is 0.814. The number of halogens is 1. The van der Waals surface area contributed by atoms with Gasteiger partial charge < -0.3 is 5.32 Å². The minimum Gasteiger partial charge on any atom is -0.383 e. The molecule has 0 radical (unpaired) electrons. The average molecular weight is 230 g/mol. The first-order valence-corrected chi connectivity index (χ1v) is 6.50. The maximum Gasteiger partial charge on any atom is 0.116 e. The van der Waals surface area contributed by atoms with Gasteiger partial charge in [0.05, 0.1) is 5.69 Å². The number of rotatable bonds is 4. The van der Waals surface area contributed by atoms with Crippen LogP contribution in [0, 0.1) is 11.8 Å². The maximum atomic E-state index is 6.01. The van der Waals surface area contributed by atoms with Crippen molar-refractivity contribution < 1.29 is 0 Å². The van der Waals surface area contributed by atoms with Crippen molar-refractivity contribution in [1.29, 1.82) is 0 Å². The normalized spacial score (nSPS) is 19.0. The largest absolute Gasteiger partial charge is 0.383 e. The number of anilines is 1. The summed E-state index contributed by atoms with van der Waals surface area (Å²) in [6, 6.07) is 2.06. The Bertz CT molecular complexity index is 293. The van der Waals surface area contributed by atoms with E-state index < -0.39 is 0 Å². The fourth-order valence-corrected chi connectivity index (χ4v) is 2.74. The molecule has 0 aromatic carbocycles. The van der Waals surface area contributed by atoms with Crippen LogP contribution in [-0.4, -0.2) is 6.54 Å². The first-order valence-electron chi connectivity index (χ1n) is 5.24. The van der Waals surface area contributed by atoms with Crippen molar-refractivity contribution in [3.63, 3.8) is 0 Å². The van der Waals surface area contributed by atoms with Gasteiger partial charge in [0.1, 0.15) is 4.34 Å². The highest BCUT2D eigenvalue weighted by Gasteiger charge is 2.23. The minimum atomic E-state index is 0.778. The lowest BCUT2D eigenvalue weighted by Gasteiger charge is -2.31. The third-order valence-corrected chi connectivity index (χ3v) is 4.36. The highest BCUT2D eigenvalue weighted by Crippen LogP contribution is 2.34. The molecular weight excluding hydrogens is 214 g/mol. The summed E-state index contributed by atoms with van der Waals surface area (Å²) >= 11 is 7.59. The molecule has 78 valence electrons. The van der Waals surface area contributed by atoms with E-state index >= 15 is 0 Å². The van der Waals surface area contributed by atoms with E-state index in [1.807, 2.05) is 5.38 Å². The standard InChI is InChI=1S/C11H16ClNS/c1-8(9-3-2-4-9)7-13-10-5-6-14-11(10)12/h5-6,8-9,13H,2-4,7H2,1H3. The molecule has 3 heteroatoms. The zero-order valence-corrected chi connectivity index (χ0v) is 10.00. The Morgan fingerprint density at radius 1 is 1.64 bits per heavy atom. The molecule has 0 bridgehead atoms. The van der Waals surface area contributed by atoms with E-state index in [-0.39, 0.29) is 0 Å². The Kier molecular flexibility index (Phi) is 3.34. The molecule has 1 fully saturated rings. The van der Waals surface area contributed by atoms with Crippen molar-refractivity contribution >= 4 is 28.6 Å². The molecule has 1 aromatic heterocycles. The second-order valence-electron chi connectivity index (χ2n) is 4.16. The van der Waals surface area contributed by atoms with E-state index in [1.165, 1.54) is 19.3 Å². The van der Waals surface area contributed by atoms with Gasteiger partial charge in [-0.05, 0) is 23.3 Å². The van der Waals surface area contributed by atoms with Gasteiger partial charge in [-0.1, -0.05) is 37.8 Å². The Hall–Kier alpha value is -0.210. The molecule has 1 atom stereocenters. The van der Waals surface area contributed by atoms with Gasteiger partial charge in [0.15, 0.2) is 0 Å². The maximum absolute atomic E-state index is 6.01. The third-order valence-electron chi connectivity index (χ3n) is 3.19. The lowest BCUT2D eigenvalue weighted by Crippen LogP contribution is -2.25. The highest BCUT2D eigenvalue weighted by atomic mass is 35.5. The fraction of sp³-hybridized carbons (Fsp3) is 0.636. The van der Waals surface area contributed by atoms with Crippen molar-refractivity contribution in [2.24, 2.45) is 11.8 Å². The van der Waals surface area contributed by atoms with Gasteiger partial charge in [-0.25, -0.2) is 0 Å². The fourth-order valence-electron chi connectivity index (χ4n) is 1.87. The van der Waals surface area contributed by atoms with Crippen molar-refractivity contribution in [2.45, 2.75) is 26.2 Å². The molecule has 1 N–H and O–H groups in total. The van der Waals surface area contributed by atoms with Crippen LogP contribution in [0.25, 0.3) is 0 Å². The van der Waals surface area contributed by atoms with E-state index in [0.29, 0.717) is 0 Å². The van der Waals surface area contributed by atoms with Gasteiger partial charge in [0.25, 0.3) is 0 Å². The molecule has 1 aliphatic rings.